The lowest BCUT2D eigenvalue weighted by atomic mass is 9.95. The van der Waals surface area contributed by atoms with Gasteiger partial charge in [0.25, 0.3) is 5.91 Å². The second-order valence-corrected chi connectivity index (χ2v) is 9.34. The van der Waals surface area contributed by atoms with Crippen molar-refractivity contribution >= 4 is 16.8 Å². The summed E-state index contributed by atoms with van der Waals surface area (Å²) in [5, 5.41) is 9.98. The van der Waals surface area contributed by atoms with Gasteiger partial charge < -0.3 is 9.47 Å². The van der Waals surface area contributed by atoms with E-state index in [0.29, 0.717) is 12.1 Å². The quantitative estimate of drug-likeness (QED) is 0.453. The first-order valence-electron chi connectivity index (χ1n) is 12.3. The Morgan fingerprint density at radius 2 is 1.91 bits per heavy atom. The van der Waals surface area contributed by atoms with Gasteiger partial charge >= 0.3 is 0 Å². The second kappa shape index (κ2) is 8.97. The number of rotatable bonds is 3. The Labute approximate surface area is 198 Å². The highest BCUT2D eigenvalue weighted by molar-refractivity contribution is 6.07. The van der Waals surface area contributed by atoms with E-state index in [4.69, 9.17) is 4.98 Å². The van der Waals surface area contributed by atoms with E-state index in [1.165, 1.54) is 19.3 Å². The van der Waals surface area contributed by atoms with Gasteiger partial charge in [-0.05, 0) is 49.9 Å². The Kier molecular flexibility index (Phi) is 5.53. The van der Waals surface area contributed by atoms with Crippen LogP contribution in [0.25, 0.3) is 22.2 Å². The molecule has 0 aliphatic carbocycles. The van der Waals surface area contributed by atoms with Gasteiger partial charge in [-0.15, -0.1) is 10.2 Å². The Morgan fingerprint density at radius 1 is 0.971 bits per heavy atom. The second-order valence-electron chi connectivity index (χ2n) is 9.34. The fourth-order valence-corrected chi connectivity index (χ4v) is 5.37. The Morgan fingerprint density at radius 3 is 2.82 bits per heavy atom. The van der Waals surface area contributed by atoms with Crippen molar-refractivity contribution in [2.75, 3.05) is 13.1 Å². The highest BCUT2D eigenvalue weighted by Gasteiger charge is 2.30. The van der Waals surface area contributed by atoms with Gasteiger partial charge in [0.15, 0.2) is 0 Å². The van der Waals surface area contributed by atoms with Crippen molar-refractivity contribution in [3.8, 4) is 11.3 Å². The average Bonchev–Trinajstić information content (AvgIpc) is 3.16. The molecule has 3 aromatic heterocycles. The largest absolute Gasteiger partial charge is 0.338 e. The van der Waals surface area contributed by atoms with Crippen molar-refractivity contribution in [2.45, 2.75) is 51.0 Å². The van der Waals surface area contributed by atoms with E-state index in [9.17, 15) is 4.79 Å². The zero-order valence-corrected chi connectivity index (χ0v) is 19.2. The number of nitrogens with zero attached hydrogens (tertiary/aromatic N) is 6. The fraction of sp³-hybridized carbons (Fsp3) is 0.370. The molecule has 7 nitrogen and oxygen atoms in total. The molecular weight excluding hydrogens is 424 g/mol. The third-order valence-electron chi connectivity index (χ3n) is 7.12. The Bertz CT molecular complexity index is 1330. The first kappa shape index (κ1) is 21.0. The summed E-state index contributed by atoms with van der Waals surface area (Å²) < 4.78 is 2.33. The van der Waals surface area contributed by atoms with Crippen LogP contribution in [0.5, 0.6) is 0 Å². The summed E-state index contributed by atoms with van der Waals surface area (Å²) in [6.45, 7) is 2.43. The third kappa shape index (κ3) is 3.85. The van der Waals surface area contributed by atoms with E-state index in [0.717, 1.165) is 66.2 Å². The predicted octanol–water partition coefficient (Wildman–Crippen LogP) is 4.63. The van der Waals surface area contributed by atoms with Crippen molar-refractivity contribution in [1.82, 2.24) is 29.6 Å². The summed E-state index contributed by atoms with van der Waals surface area (Å²) in [5.41, 5.74) is 3.20. The number of fused-ring (bicyclic) bond motifs is 2. The molecule has 2 aliphatic rings. The zero-order chi connectivity index (χ0) is 22.9. The summed E-state index contributed by atoms with van der Waals surface area (Å²) in [6, 6.07) is 13.7. The van der Waals surface area contributed by atoms with E-state index in [1.54, 1.807) is 12.4 Å². The van der Waals surface area contributed by atoms with Crippen LogP contribution < -0.4 is 0 Å². The molecular formula is C27H28N6O. The van der Waals surface area contributed by atoms with Gasteiger partial charge in [-0.1, -0.05) is 24.6 Å². The molecule has 7 heteroatoms. The van der Waals surface area contributed by atoms with E-state index in [1.807, 2.05) is 47.4 Å². The summed E-state index contributed by atoms with van der Waals surface area (Å²) in [5.74, 6) is 2.45. The van der Waals surface area contributed by atoms with Crippen LogP contribution >= 0.6 is 0 Å². The summed E-state index contributed by atoms with van der Waals surface area (Å²) in [4.78, 5) is 24.9. The lowest BCUT2D eigenvalue weighted by Gasteiger charge is -2.33. The Balaban J connectivity index is 1.34. The maximum atomic E-state index is 13.9. The van der Waals surface area contributed by atoms with Crippen molar-refractivity contribution in [3.05, 3.63) is 72.1 Å². The van der Waals surface area contributed by atoms with Crippen LogP contribution in [0.3, 0.4) is 0 Å². The number of piperidine rings is 1. The van der Waals surface area contributed by atoms with Crippen molar-refractivity contribution in [1.29, 1.82) is 0 Å². The summed E-state index contributed by atoms with van der Waals surface area (Å²) in [7, 11) is 0. The SMILES string of the molecule is O=C(c1cc(-c2cccnc2)nc2ccccc12)N1CCCC(c2nnc3n2CCCCC3)C1. The molecule has 1 amide bonds. The van der Waals surface area contributed by atoms with Crippen LogP contribution in [0.4, 0.5) is 0 Å². The number of aromatic nitrogens is 5. The first-order chi connectivity index (χ1) is 16.8. The predicted molar refractivity (Wildman–Crippen MR) is 130 cm³/mol. The molecule has 1 atom stereocenters. The maximum absolute atomic E-state index is 13.9. The fourth-order valence-electron chi connectivity index (χ4n) is 5.37. The average molecular weight is 453 g/mol. The van der Waals surface area contributed by atoms with Gasteiger partial charge in [0.05, 0.1) is 16.8 Å². The standard InChI is InChI=1S/C27H28N6O/c34-27(22-16-24(19-8-6-13-28-17-19)29-23-11-4-3-10-21(22)23)32-14-7-9-20(18-32)26-31-30-25-12-2-1-5-15-33(25)26/h3-4,6,8,10-11,13,16-17,20H,1-2,5,7,9,12,14-15,18H2. The molecule has 1 saturated heterocycles. The smallest absolute Gasteiger partial charge is 0.254 e. The van der Waals surface area contributed by atoms with Crippen LogP contribution in [0, 0.1) is 0 Å². The van der Waals surface area contributed by atoms with Gasteiger partial charge in [-0.3, -0.25) is 9.78 Å². The summed E-state index contributed by atoms with van der Waals surface area (Å²) >= 11 is 0. The van der Waals surface area contributed by atoms with Gasteiger partial charge in [0, 0.05) is 55.3 Å². The van der Waals surface area contributed by atoms with Crippen LogP contribution in [0.1, 0.15) is 60.0 Å². The number of likely N-dealkylation sites (tertiary alicyclic amines) is 1. The van der Waals surface area contributed by atoms with Crippen molar-refractivity contribution < 1.29 is 4.79 Å². The minimum atomic E-state index is 0.0593. The van der Waals surface area contributed by atoms with Crippen LogP contribution in [0.15, 0.2) is 54.9 Å². The molecule has 0 bridgehead atoms. The molecule has 1 fully saturated rings. The molecule has 6 rings (SSSR count). The van der Waals surface area contributed by atoms with Crippen LogP contribution in [0.2, 0.25) is 0 Å². The molecule has 5 heterocycles. The van der Waals surface area contributed by atoms with E-state index >= 15 is 0 Å². The number of para-hydroxylation sites is 1. The normalized spacial score (nSPS) is 18.5. The maximum Gasteiger partial charge on any atom is 0.254 e. The number of amides is 1. The number of carbonyl (C=O) groups is 1. The lowest BCUT2D eigenvalue weighted by molar-refractivity contribution is 0.0705. The van der Waals surface area contributed by atoms with Gasteiger partial charge in [0.1, 0.15) is 11.6 Å². The highest BCUT2D eigenvalue weighted by atomic mass is 16.2. The molecule has 1 unspecified atom stereocenters. The third-order valence-corrected chi connectivity index (χ3v) is 7.12. The van der Waals surface area contributed by atoms with Gasteiger partial charge in [0.2, 0.25) is 0 Å². The molecule has 172 valence electrons. The zero-order valence-electron chi connectivity index (χ0n) is 19.2. The van der Waals surface area contributed by atoms with Crippen molar-refractivity contribution in [2.24, 2.45) is 0 Å². The topological polar surface area (TPSA) is 76.8 Å². The van der Waals surface area contributed by atoms with Crippen LogP contribution in [-0.2, 0) is 13.0 Å². The number of pyridine rings is 2. The number of hydrogen-bond donors (Lipinski definition) is 0. The molecule has 1 aromatic carbocycles. The molecule has 0 radical (unpaired) electrons. The van der Waals surface area contributed by atoms with Crippen LogP contribution in [-0.4, -0.2) is 48.6 Å². The van der Waals surface area contributed by atoms with Gasteiger partial charge in [-0.25, -0.2) is 4.98 Å². The summed E-state index contributed by atoms with van der Waals surface area (Å²) in [6.07, 6.45) is 10.1. The minimum absolute atomic E-state index is 0.0593. The minimum Gasteiger partial charge on any atom is -0.338 e. The van der Waals surface area contributed by atoms with E-state index in [2.05, 4.69) is 19.7 Å². The number of carbonyl (C=O) groups excluding carboxylic acids is 1. The lowest BCUT2D eigenvalue weighted by Crippen LogP contribution is -2.40. The molecule has 4 aromatic rings. The molecule has 0 N–H and O–H groups in total. The number of hydrogen-bond acceptors (Lipinski definition) is 5. The molecule has 34 heavy (non-hydrogen) atoms. The van der Waals surface area contributed by atoms with Crippen molar-refractivity contribution in [3.63, 3.8) is 0 Å². The number of aryl methyl sites for hydroxylation is 1. The Hall–Kier alpha value is -3.61. The molecule has 2 aliphatic heterocycles. The van der Waals surface area contributed by atoms with Gasteiger partial charge in [-0.2, -0.15) is 0 Å². The van der Waals surface area contributed by atoms with E-state index < -0.39 is 0 Å². The highest BCUT2D eigenvalue weighted by Crippen LogP contribution is 2.31. The molecule has 0 spiro atoms. The first-order valence-corrected chi connectivity index (χ1v) is 12.3. The number of benzene rings is 1. The molecule has 0 saturated carbocycles. The monoisotopic (exact) mass is 452 g/mol. The van der Waals surface area contributed by atoms with E-state index in [-0.39, 0.29) is 11.8 Å².